The molecule has 9 atom stereocenters. The van der Waals surface area contributed by atoms with E-state index in [2.05, 4.69) is 22.2 Å². The Hall–Kier alpha value is -3.21. The van der Waals surface area contributed by atoms with Gasteiger partial charge in [-0.1, -0.05) is 109 Å². The molecule has 57 heavy (non-hydrogen) atoms. The van der Waals surface area contributed by atoms with E-state index in [1.54, 1.807) is 6.07 Å². The average Bonchev–Trinajstić information content (AvgIpc) is 3.61. The van der Waals surface area contributed by atoms with Crippen molar-refractivity contribution in [2.45, 2.75) is 158 Å². The molecule has 2 saturated heterocycles. The fourth-order valence-electron chi connectivity index (χ4n) is 6.99. The van der Waals surface area contributed by atoms with Gasteiger partial charge in [0.1, 0.15) is 42.2 Å². The van der Waals surface area contributed by atoms with Crippen molar-refractivity contribution in [3.05, 3.63) is 45.5 Å². The van der Waals surface area contributed by atoms with E-state index in [4.69, 9.17) is 30.7 Å². The Bertz CT molecular complexity index is 1740. The van der Waals surface area contributed by atoms with Crippen molar-refractivity contribution in [1.29, 1.82) is 0 Å². The summed E-state index contributed by atoms with van der Waals surface area (Å²) in [7, 11) is -4.98. The lowest BCUT2D eigenvalue weighted by Gasteiger charge is -2.25. The van der Waals surface area contributed by atoms with Crippen LogP contribution in [0.5, 0.6) is 0 Å². The largest absolute Gasteiger partial charge is 0.472 e. The Morgan fingerprint density at radius 2 is 1.35 bits per heavy atom. The average molecular weight is 825 g/mol. The maximum atomic E-state index is 12.9. The maximum absolute atomic E-state index is 12.9. The Morgan fingerprint density at radius 1 is 0.825 bits per heavy atom. The second-order valence-corrected chi connectivity index (χ2v) is 16.3. The molecule has 0 amide bonds. The molecule has 18 nitrogen and oxygen atoms in total. The number of nitrogen functional groups attached to an aromatic ring is 1. The number of aliphatic hydroxyl groups is 4. The molecule has 0 aromatic carbocycles. The van der Waals surface area contributed by atoms with Gasteiger partial charge in [-0.15, -0.1) is 6.42 Å². The molecular weight excluding hydrogens is 763 g/mol. The van der Waals surface area contributed by atoms with Gasteiger partial charge >= 0.3 is 19.2 Å². The number of ether oxygens (including phenoxy) is 2. The molecule has 4 heterocycles. The van der Waals surface area contributed by atoms with Gasteiger partial charge in [-0.25, -0.2) is 14.2 Å². The summed E-state index contributed by atoms with van der Waals surface area (Å²) >= 11 is 0. The van der Waals surface area contributed by atoms with E-state index in [-0.39, 0.29) is 5.82 Å². The molecule has 19 heteroatoms. The van der Waals surface area contributed by atoms with Crippen molar-refractivity contribution in [3.63, 3.8) is 0 Å². The van der Waals surface area contributed by atoms with E-state index in [1.165, 1.54) is 95.7 Å². The van der Waals surface area contributed by atoms with E-state index in [9.17, 15) is 39.5 Å². The molecule has 8 N–H and O–H groups in total. The summed E-state index contributed by atoms with van der Waals surface area (Å²) in [5, 5.41) is 46.0. The SMILES string of the molecule is C#CC1(O)C(COP(=O)(O)OCC2OC(n3ccc(NCCCCCCCCCCCCCCCCCC)nc3=O)C(O)C2O)OC(n2ccc(N)nc2=O)C1O. The lowest BCUT2D eigenvalue weighted by molar-refractivity contribution is -0.0695. The number of aliphatic hydroxyl groups excluding tert-OH is 3. The third-order valence-electron chi connectivity index (χ3n) is 10.4. The number of rotatable bonds is 26. The van der Waals surface area contributed by atoms with E-state index in [1.807, 2.05) is 5.92 Å². The summed E-state index contributed by atoms with van der Waals surface area (Å²) in [5.74, 6) is 2.21. The molecule has 0 bridgehead atoms. The topological polar surface area (TPSA) is 263 Å². The van der Waals surface area contributed by atoms with Crippen LogP contribution in [0.3, 0.4) is 0 Å². The number of nitrogens with zero attached hydrogens (tertiary/aromatic N) is 4. The predicted octanol–water partition coefficient (Wildman–Crippen LogP) is 3.13. The van der Waals surface area contributed by atoms with Gasteiger partial charge in [0.2, 0.25) is 0 Å². The predicted molar refractivity (Wildman–Crippen MR) is 211 cm³/mol. The molecule has 0 aliphatic carbocycles. The van der Waals surface area contributed by atoms with Gasteiger partial charge in [0.05, 0.1) is 13.2 Å². The van der Waals surface area contributed by atoms with Gasteiger partial charge in [-0.3, -0.25) is 18.2 Å². The highest BCUT2D eigenvalue weighted by atomic mass is 31.2. The number of aromatic nitrogens is 4. The van der Waals surface area contributed by atoms with Crippen LogP contribution in [0.1, 0.15) is 122 Å². The smallest absolute Gasteiger partial charge is 0.387 e. The Morgan fingerprint density at radius 3 is 1.91 bits per heavy atom. The van der Waals surface area contributed by atoms with E-state index >= 15 is 0 Å². The van der Waals surface area contributed by atoms with Crippen LogP contribution < -0.4 is 22.4 Å². The summed E-state index contributed by atoms with van der Waals surface area (Å²) < 4.78 is 35.7. The van der Waals surface area contributed by atoms with Crippen LogP contribution in [0.15, 0.2) is 34.1 Å². The first-order chi connectivity index (χ1) is 27.3. The highest BCUT2D eigenvalue weighted by molar-refractivity contribution is 7.47. The minimum Gasteiger partial charge on any atom is -0.387 e. The van der Waals surface area contributed by atoms with Crippen LogP contribution in [0, 0.1) is 12.3 Å². The van der Waals surface area contributed by atoms with Gasteiger partial charge in [0.15, 0.2) is 18.1 Å². The normalized spacial score (nSPS) is 27.0. The highest BCUT2D eigenvalue weighted by Crippen LogP contribution is 2.46. The standard InChI is InChI=1S/C38H61N6O12P/c1-3-5-6-7-8-9-10-11-12-13-14-15-16-17-18-19-22-40-30-21-24-43(37(49)42-30)34-32(46)31(45)27(55-34)25-53-57(51,52)54-26-28-38(50,4-2)33(47)35(56-28)44-23-20-29(39)41-36(44)48/h2,20-21,23-24,27-28,31-35,45-47,50H,3,5-19,22,25-26H2,1H3,(H,51,52)(H2,39,41,48)(H,40,42,49). The summed E-state index contributed by atoms with van der Waals surface area (Å²) in [6.07, 6.45) is 17.3. The molecule has 2 aliphatic rings. The number of hydrogen-bond donors (Lipinski definition) is 7. The molecule has 4 rings (SSSR count). The third kappa shape index (κ3) is 13.4. The van der Waals surface area contributed by atoms with Crippen molar-refractivity contribution >= 4 is 19.5 Å². The van der Waals surface area contributed by atoms with Crippen LogP contribution in [0.25, 0.3) is 0 Å². The zero-order chi connectivity index (χ0) is 41.4. The molecule has 320 valence electrons. The number of anilines is 2. The molecule has 2 aromatic heterocycles. The second-order valence-electron chi connectivity index (χ2n) is 14.8. The van der Waals surface area contributed by atoms with Crippen LogP contribution >= 0.6 is 7.82 Å². The van der Waals surface area contributed by atoms with Crippen molar-refractivity contribution in [2.24, 2.45) is 0 Å². The molecule has 9 unspecified atom stereocenters. The number of hydrogen-bond acceptors (Lipinski definition) is 15. The first-order valence-corrected chi connectivity index (χ1v) is 21.7. The Kier molecular flexibility index (Phi) is 18.6. The number of phosphoric ester groups is 1. The van der Waals surface area contributed by atoms with E-state index in [0.717, 1.165) is 34.6 Å². The van der Waals surface area contributed by atoms with Crippen LogP contribution in [0.4, 0.5) is 11.6 Å². The van der Waals surface area contributed by atoms with Crippen LogP contribution in [-0.2, 0) is 23.1 Å². The maximum Gasteiger partial charge on any atom is 0.472 e. The molecule has 2 aromatic rings. The number of terminal acetylenes is 1. The number of unbranched alkanes of at least 4 members (excludes halogenated alkanes) is 15. The van der Waals surface area contributed by atoms with Gasteiger partial charge in [0.25, 0.3) is 0 Å². The monoisotopic (exact) mass is 824 g/mol. The fraction of sp³-hybridized carbons (Fsp3) is 0.737. The van der Waals surface area contributed by atoms with Gasteiger partial charge in [0, 0.05) is 18.9 Å². The molecule has 0 spiro atoms. The van der Waals surface area contributed by atoms with Crippen molar-refractivity contribution in [1.82, 2.24) is 19.1 Å². The number of nitrogens with two attached hydrogens (primary N) is 1. The molecule has 0 radical (unpaired) electrons. The molecule has 0 saturated carbocycles. The van der Waals surface area contributed by atoms with Crippen molar-refractivity contribution in [3.8, 4) is 12.3 Å². The summed E-state index contributed by atoms with van der Waals surface area (Å²) in [5.41, 5.74) is 1.36. The number of nitrogens with one attached hydrogen (secondary N) is 1. The van der Waals surface area contributed by atoms with Crippen LogP contribution in [-0.4, -0.2) is 100 Å². The van der Waals surface area contributed by atoms with Crippen molar-refractivity contribution < 1.29 is 48.4 Å². The van der Waals surface area contributed by atoms with Gasteiger partial charge < -0.3 is 45.8 Å². The molecule has 2 fully saturated rings. The first-order valence-electron chi connectivity index (χ1n) is 20.2. The van der Waals surface area contributed by atoms with E-state index < -0.39 is 81.0 Å². The second kappa shape index (κ2) is 22.8. The fourth-order valence-corrected chi connectivity index (χ4v) is 7.73. The first kappa shape index (κ1) is 46.5. The summed E-state index contributed by atoms with van der Waals surface area (Å²) in [4.78, 5) is 43.0. The minimum absolute atomic E-state index is 0.102. The minimum atomic E-state index is -4.98. The molecule has 2 aliphatic heterocycles. The van der Waals surface area contributed by atoms with E-state index in [0.29, 0.717) is 12.4 Å². The summed E-state index contributed by atoms with van der Waals surface area (Å²) in [6, 6.07) is 2.79. The highest BCUT2D eigenvalue weighted by Gasteiger charge is 2.56. The van der Waals surface area contributed by atoms with Gasteiger partial charge in [-0.2, -0.15) is 9.97 Å². The summed E-state index contributed by atoms with van der Waals surface area (Å²) in [6.45, 7) is 1.22. The van der Waals surface area contributed by atoms with Crippen molar-refractivity contribution in [2.75, 3.05) is 30.8 Å². The quantitative estimate of drug-likeness (QED) is 0.0408. The lowest BCUT2D eigenvalue weighted by atomic mass is 9.93. The Labute approximate surface area is 333 Å². The lowest BCUT2D eigenvalue weighted by Crippen LogP contribution is -2.48. The van der Waals surface area contributed by atoms with Crippen LogP contribution in [0.2, 0.25) is 0 Å². The zero-order valence-corrected chi connectivity index (χ0v) is 33.7. The zero-order valence-electron chi connectivity index (χ0n) is 32.8. The molecular formula is C38H61N6O12P. The number of phosphoric acid groups is 1. The van der Waals surface area contributed by atoms with Gasteiger partial charge in [-0.05, 0) is 18.6 Å². The third-order valence-corrected chi connectivity index (χ3v) is 11.4. The Balaban J connectivity index is 1.14.